The third-order valence-corrected chi connectivity index (χ3v) is 4.41. The summed E-state index contributed by atoms with van der Waals surface area (Å²) in [4.78, 5) is 31.6. The zero-order chi connectivity index (χ0) is 21.2. The second-order valence-electron chi connectivity index (χ2n) is 6.70. The Hall–Kier alpha value is -2.66. The minimum Gasteiger partial charge on any atom is -0.394 e. The predicted molar refractivity (Wildman–Crippen MR) is 107 cm³/mol. The molecule has 29 heavy (non-hydrogen) atoms. The molecular weight excluding hydrogens is 378 g/mol. The predicted octanol–water partition coefficient (Wildman–Crippen LogP) is -1.56. The number of nitrogens with zero attached hydrogens (tertiary/aromatic N) is 2. The van der Waals surface area contributed by atoms with E-state index in [9.17, 15) is 19.8 Å². The number of aliphatic imine (C=N–C) groups is 2. The number of nitrogens with one attached hydrogen (secondary N) is 2. The smallest absolute Gasteiger partial charge is 0.272 e. The minimum absolute atomic E-state index is 0.0308. The van der Waals surface area contributed by atoms with E-state index in [0.717, 1.165) is 5.56 Å². The number of hydrogen-bond acceptors (Lipinski definition) is 7. The number of primary amides is 1. The van der Waals surface area contributed by atoms with Crippen LogP contribution in [0.25, 0.3) is 0 Å². The van der Waals surface area contributed by atoms with Gasteiger partial charge in [0, 0.05) is 19.5 Å². The van der Waals surface area contributed by atoms with Crippen molar-refractivity contribution in [1.82, 2.24) is 10.6 Å². The van der Waals surface area contributed by atoms with Crippen LogP contribution in [0.3, 0.4) is 0 Å². The molecule has 1 aromatic rings. The summed E-state index contributed by atoms with van der Waals surface area (Å²) >= 11 is 0. The van der Waals surface area contributed by atoms with Gasteiger partial charge in [-0.1, -0.05) is 30.3 Å². The minimum atomic E-state index is -1.35. The van der Waals surface area contributed by atoms with Crippen molar-refractivity contribution < 1.29 is 24.9 Å². The largest absolute Gasteiger partial charge is 0.394 e. The quantitative estimate of drug-likeness (QED) is 0.230. The van der Waals surface area contributed by atoms with Crippen LogP contribution in [0.15, 0.2) is 40.3 Å². The maximum absolute atomic E-state index is 11.8. The summed E-state index contributed by atoms with van der Waals surface area (Å²) in [6.45, 7) is 0.232. The number of amides is 2. The number of benzene rings is 1. The number of nitrogens with two attached hydrogens (primary N) is 1. The van der Waals surface area contributed by atoms with E-state index in [1.165, 1.54) is 0 Å². The van der Waals surface area contributed by atoms with Crippen LogP contribution in [-0.4, -0.2) is 70.2 Å². The average molecular weight is 405 g/mol. The molecule has 2 rings (SSSR count). The summed E-state index contributed by atoms with van der Waals surface area (Å²) in [7, 11) is 0. The van der Waals surface area contributed by atoms with Gasteiger partial charge >= 0.3 is 0 Å². The lowest BCUT2D eigenvalue weighted by Crippen LogP contribution is -2.41. The van der Waals surface area contributed by atoms with Crippen LogP contribution in [0.1, 0.15) is 24.8 Å². The highest BCUT2D eigenvalue weighted by atomic mass is 16.4. The lowest BCUT2D eigenvalue weighted by atomic mass is 10.1. The van der Waals surface area contributed by atoms with Crippen molar-refractivity contribution in [3.63, 3.8) is 0 Å². The molecule has 7 N–H and O–H groups in total. The zero-order valence-corrected chi connectivity index (χ0v) is 16.0. The Morgan fingerprint density at radius 2 is 1.97 bits per heavy atom. The Bertz CT molecular complexity index is 753. The molecule has 10 heteroatoms. The van der Waals surface area contributed by atoms with Gasteiger partial charge in [-0.3, -0.25) is 19.9 Å². The van der Waals surface area contributed by atoms with Crippen LogP contribution in [-0.2, 0) is 16.1 Å². The van der Waals surface area contributed by atoms with E-state index in [4.69, 9.17) is 10.8 Å². The second-order valence-corrected chi connectivity index (χ2v) is 6.70. The van der Waals surface area contributed by atoms with Crippen molar-refractivity contribution in [2.45, 2.75) is 44.1 Å². The molecule has 0 aromatic heterocycles. The fraction of sp³-hybridized carbons (Fsp3) is 0.474. The molecule has 0 bridgehead atoms. The van der Waals surface area contributed by atoms with Crippen molar-refractivity contribution in [3.05, 3.63) is 35.9 Å². The first-order valence-corrected chi connectivity index (χ1v) is 9.37. The van der Waals surface area contributed by atoms with Gasteiger partial charge in [0.15, 0.2) is 0 Å². The molecular formula is C19H27N5O5. The van der Waals surface area contributed by atoms with Crippen LogP contribution < -0.4 is 16.4 Å². The Morgan fingerprint density at radius 3 is 2.62 bits per heavy atom. The monoisotopic (exact) mass is 405 g/mol. The molecule has 0 radical (unpaired) electrons. The SMILES string of the molecule is NC(=O)C(CCCN=C1N=C(CC(O)C(O)CO)C(=O)N1)NCc1ccccc1. The molecule has 0 aliphatic carbocycles. The van der Waals surface area contributed by atoms with Gasteiger partial charge in [-0.25, -0.2) is 4.99 Å². The summed E-state index contributed by atoms with van der Waals surface area (Å²) in [5.74, 6) is -0.837. The summed E-state index contributed by atoms with van der Waals surface area (Å²) < 4.78 is 0. The lowest BCUT2D eigenvalue weighted by Gasteiger charge is -2.14. The van der Waals surface area contributed by atoms with Crippen LogP contribution >= 0.6 is 0 Å². The van der Waals surface area contributed by atoms with Crippen LogP contribution in [0.2, 0.25) is 0 Å². The van der Waals surface area contributed by atoms with E-state index >= 15 is 0 Å². The molecule has 1 aromatic carbocycles. The molecule has 1 aliphatic rings. The lowest BCUT2D eigenvalue weighted by molar-refractivity contribution is -0.120. The van der Waals surface area contributed by atoms with Gasteiger partial charge in [-0.2, -0.15) is 0 Å². The van der Waals surface area contributed by atoms with E-state index in [1.807, 2.05) is 30.3 Å². The van der Waals surface area contributed by atoms with E-state index in [1.54, 1.807) is 0 Å². The van der Waals surface area contributed by atoms with E-state index in [-0.39, 0.29) is 18.1 Å². The first-order valence-electron chi connectivity index (χ1n) is 9.37. The van der Waals surface area contributed by atoms with Gasteiger partial charge in [0.05, 0.1) is 18.8 Å². The third kappa shape index (κ3) is 7.35. The van der Waals surface area contributed by atoms with E-state index < -0.39 is 36.7 Å². The number of aliphatic hydroxyl groups excluding tert-OH is 3. The highest BCUT2D eigenvalue weighted by molar-refractivity contribution is 6.46. The highest BCUT2D eigenvalue weighted by Crippen LogP contribution is 2.06. The molecule has 0 spiro atoms. The van der Waals surface area contributed by atoms with Crippen molar-refractivity contribution in [1.29, 1.82) is 0 Å². The fourth-order valence-electron chi connectivity index (χ4n) is 2.71. The van der Waals surface area contributed by atoms with Crippen molar-refractivity contribution in [3.8, 4) is 0 Å². The van der Waals surface area contributed by atoms with Gasteiger partial charge in [0.1, 0.15) is 11.8 Å². The molecule has 3 unspecified atom stereocenters. The number of rotatable bonds is 12. The molecule has 0 saturated carbocycles. The summed E-state index contributed by atoms with van der Waals surface area (Å²) in [5.41, 5.74) is 6.52. The summed E-state index contributed by atoms with van der Waals surface area (Å²) in [6, 6.07) is 9.15. The second kappa shape index (κ2) is 11.4. The van der Waals surface area contributed by atoms with Crippen molar-refractivity contribution in [2.75, 3.05) is 13.2 Å². The fourth-order valence-corrected chi connectivity index (χ4v) is 2.71. The van der Waals surface area contributed by atoms with Crippen molar-refractivity contribution in [2.24, 2.45) is 15.7 Å². The Morgan fingerprint density at radius 1 is 1.24 bits per heavy atom. The number of guanidine groups is 1. The number of aliphatic hydroxyl groups is 3. The maximum Gasteiger partial charge on any atom is 0.272 e. The number of carbonyl (C=O) groups is 2. The van der Waals surface area contributed by atoms with E-state index in [0.29, 0.717) is 25.9 Å². The van der Waals surface area contributed by atoms with Crippen LogP contribution in [0.4, 0.5) is 0 Å². The number of carbonyl (C=O) groups excluding carboxylic acids is 2. The highest BCUT2D eigenvalue weighted by Gasteiger charge is 2.26. The van der Waals surface area contributed by atoms with Crippen LogP contribution in [0, 0.1) is 0 Å². The normalized spacial score (nSPS) is 18.2. The van der Waals surface area contributed by atoms with Gasteiger partial charge in [-0.15, -0.1) is 0 Å². The molecule has 3 atom stereocenters. The Labute approximate surface area is 168 Å². The molecule has 0 saturated heterocycles. The summed E-state index contributed by atoms with van der Waals surface area (Å²) in [6.07, 6.45) is -1.81. The summed E-state index contributed by atoms with van der Waals surface area (Å²) in [5, 5.41) is 33.5. The van der Waals surface area contributed by atoms with Gasteiger partial charge in [-0.05, 0) is 18.4 Å². The van der Waals surface area contributed by atoms with E-state index in [2.05, 4.69) is 20.6 Å². The first-order chi connectivity index (χ1) is 13.9. The molecule has 1 aliphatic heterocycles. The first kappa shape index (κ1) is 22.6. The van der Waals surface area contributed by atoms with Crippen molar-refractivity contribution >= 4 is 23.5 Å². The number of hydrogen-bond donors (Lipinski definition) is 6. The van der Waals surface area contributed by atoms with Crippen LogP contribution in [0.5, 0.6) is 0 Å². The Balaban J connectivity index is 1.80. The molecule has 0 fully saturated rings. The molecule has 10 nitrogen and oxygen atoms in total. The third-order valence-electron chi connectivity index (χ3n) is 4.41. The zero-order valence-electron chi connectivity index (χ0n) is 16.0. The Kier molecular flexibility index (Phi) is 8.87. The standard InChI is InChI=1S/C19H27N5O5/c20-17(28)13(22-10-12-5-2-1-3-6-12)7-4-8-21-19-23-14(18(29)24-19)9-15(26)16(27)11-25/h1-3,5-6,13,15-16,22,25-27H,4,7-11H2,(H2,20,28)(H,21,24,29). The molecule has 1 heterocycles. The topological polar surface area (TPSA) is 170 Å². The van der Waals surface area contributed by atoms with Gasteiger partial charge in [0.2, 0.25) is 11.9 Å². The molecule has 158 valence electrons. The molecule has 2 amide bonds. The van der Waals surface area contributed by atoms with Gasteiger partial charge in [0.25, 0.3) is 5.91 Å². The van der Waals surface area contributed by atoms with Gasteiger partial charge < -0.3 is 26.4 Å². The maximum atomic E-state index is 11.8. The average Bonchev–Trinajstić information content (AvgIpc) is 3.06.